The number of ether oxygens (including phenoxy) is 1. The number of unbranched alkanes of at least 4 members (excludes halogenated alkanes) is 2. The number of carboxylic acid groups (broad SMARTS) is 1. The van der Waals surface area contributed by atoms with E-state index in [1.165, 1.54) is 0 Å². The molecule has 0 aromatic carbocycles. The van der Waals surface area contributed by atoms with Gasteiger partial charge < -0.3 is 9.84 Å². The smallest absolute Gasteiger partial charge is 0.327 e. The first kappa shape index (κ1) is 26.9. The Morgan fingerprint density at radius 1 is 0.893 bits per heavy atom. The van der Waals surface area contributed by atoms with E-state index in [0.717, 1.165) is 51.4 Å². The summed E-state index contributed by atoms with van der Waals surface area (Å²) in [6.45, 7) is 8.08. The van der Waals surface area contributed by atoms with Gasteiger partial charge in [0.15, 0.2) is 5.25 Å². The van der Waals surface area contributed by atoms with E-state index in [0.29, 0.717) is 0 Å². The fourth-order valence-electron chi connectivity index (χ4n) is 2.82. The molecule has 0 aromatic rings. The molecule has 0 aliphatic heterocycles. The molecule has 0 saturated carbocycles. The van der Waals surface area contributed by atoms with E-state index in [1.54, 1.807) is 0 Å². The van der Waals surface area contributed by atoms with E-state index in [1.807, 2.05) is 20.8 Å². The van der Waals surface area contributed by atoms with E-state index in [4.69, 9.17) is 14.0 Å². The maximum atomic E-state index is 12.5. The number of hydrogen-bond donors (Lipinski definition) is 1. The van der Waals surface area contributed by atoms with Crippen molar-refractivity contribution in [1.82, 2.24) is 0 Å². The molecule has 3 atom stereocenters. The summed E-state index contributed by atoms with van der Waals surface area (Å²) in [5.41, 5.74) is 0. The lowest BCUT2D eigenvalue weighted by molar-refractivity contribution is -0.148. The van der Waals surface area contributed by atoms with Gasteiger partial charge >= 0.3 is 11.9 Å². The Labute approximate surface area is 170 Å². The molecule has 0 aliphatic rings. The second-order valence-electron chi connectivity index (χ2n) is 7.33. The first-order valence-electron chi connectivity index (χ1n) is 10.5. The third kappa shape index (κ3) is 11.0. The highest BCUT2D eigenvalue weighted by Gasteiger charge is 2.38. The van der Waals surface area contributed by atoms with E-state index in [2.05, 4.69) is 6.92 Å². The number of rotatable bonds is 17. The van der Waals surface area contributed by atoms with Gasteiger partial charge in [0.1, 0.15) is 0 Å². The molecule has 28 heavy (non-hydrogen) atoms. The minimum Gasteiger partial charge on any atom is -0.481 e. The Hall–Kier alpha value is -1.15. The summed E-state index contributed by atoms with van der Waals surface area (Å²) in [4.78, 5) is 23.5. The van der Waals surface area contributed by atoms with Gasteiger partial charge in [0.2, 0.25) is 0 Å². The lowest BCUT2D eigenvalue weighted by Crippen LogP contribution is -2.37. The Morgan fingerprint density at radius 3 is 1.82 bits per heavy atom. The third-order valence-corrected chi connectivity index (χ3v) is 6.51. The van der Waals surface area contributed by atoms with Crippen LogP contribution in [0.5, 0.6) is 0 Å². The van der Waals surface area contributed by atoms with Crippen molar-refractivity contribution in [3.8, 4) is 0 Å². The molecule has 0 aromatic heterocycles. The molecule has 0 radical (unpaired) electrons. The van der Waals surface area contributed by atoms with Crippen LogP contribution in [0.1, 0.15) is 85.5 Å². The molecule has 0 spiro atoms. The van der Waals surface area contributed by atoms with Crippen molar-refractivity contribution >= 4 is 22.1 Å². The second-order valence-corrected chi connectivity index (χ2v) is 9.12. The third-order valence-electron chi connectivity index (χ3n) is 4.99. The Bertz CT molecular complexity index is 545. The first-order valence-corrected chi connectivity index (χ1v) is 11.9. The van der Waals surface area contributed by atoms with Crippen molar-refractivity contribution < 1.29 is 32.0 Å². The largest absolute Gasteiger partial charge is 0.481 e. The SMILES string of the molecule is CCCCC(CC)COC(=O)C(CC(=O)O)S(=O)(=O)OCC(CC)CCCC. The van der Waals surface area contributed by atoms with Crippen molar-refractivity contribution in [3.05, 3.63) is 0 Å². The molecule has 0 fully saturated rings. The number of aliphatic carboxylic acids is 1. The molecule has 0 bridgehead atoms. The van der Waals surface area contributed by atoms with E-state index in [9.17, 15) is 18.0 Å². The zero-order chi connectivity index (χ0) is 21.6. The number of carboxylic acids is 1. The topological polar surface area (TPSA) is 107 Å². The fourth-order valence-corrected chi connectivity index (χ4v) is 4.02. The van der Waals surface area contributed by atoms with Gasteiger partial charge in [-0.05, 0) is 24.7 Å². The highest BCUT2D eigenvalue weighted by Crippen LogP contribution is 2.19. The van der Waals surface area contributed by atoms with Gasteiger partial charge in [-0.3, -0.25) is 13.8 Å². The summed E-state index contributed by atoms with van der Waals surface area (Å²) in [6.07, 6.45) is 6.35. The maximum Gasteiger partial charge on any atom is 0.327 e. The average Bonchev–Trinajstić information content (AvgIpc) is 2.66. The van der Waals surface area contributed by atoms with Crippen LogP contribution < -0.4 is 0 Å². The van der Waals surface area contributed by atoms with Crippen LogP contribution in [-0.4, -0.2) is 43.9 Å². The van der Waals surface area contributed by atoms with Crippen LogP contribution in [0, 0.1) is 11.8 Å². The average molecular weight is 423 g/mol. The lowest BCUT2D eigenvalue weighted by atomic mass is 10.0. The second kappa shape index (κ2) is 14.8. The molecule has 0 saturated heterocycles. The quantitative estimate of drug-likeness (QED) is 0.277. The molecule has 0 heterocycles. The van der Waals surface area contributed by atoms with Crippen LogP contribution >= 0.6 is 0 Å². The van der Waals surface area contributed by atoms with Crippen molar-refractivity contribution in [2.45, 2.75) is 90.7 Å². The molecule has 0 amide bonds. The molecule has 8 heteroatoms. The van der Waals surface area contributed by atoms with Crippen molar-refractivity contribution in [2.75, 3.05) is 13.2 Å². The van der Waals surface area contributed by atoms with Gasteiger partial charge in [0, 0.05) is 0 Å². The van der Waals surface area contributed by atoms with Crippen molar-refractivity contribution in [3.63, 3.8) is 0 Å². The molecule has 1 N–H and O–H groups in total. The van der Waals surface area contributed by atoms with Crippen LogP contribution in [0.4, 0.5) is 0 Å². The summed E-state index contributed by atoms with van der Waals surface area (Å²) in [5, 5.41) is 7.21. The van der Waals surface area contributed by atoms with Crippen LogP contribution in [0.15, 0.2) is 0 Å². The van der Waals surface area contributed by atoms with Gasteiger partial charge in [-0.25, -0.2) is 0 Å². The number of esters is 1. The number of hydrogen-bond acceptors (Lipinski definition) is 6. The van der Waals surface area contributed by atoms with Crippen molar-refractivity contribution in [2.24, 2.45) is 11.8 Å². The van der Waals surface area contributed by atoms with E-state index >= 15 is 0 Å². The van der Waals surface area contributed by atoms with Gasteiger partial charge in [0.05, 0.1) is 19.6 Å². The highest BCUT2D eigenvalue weighted by atomic mass is 32.2. The minimum atomic E-state index is -4.37. The standard InChI is InChI=1S/C20H38O7S/c1-5-9-11-16(7-3)14-26-20(23)18(13-19(21)22)28(24,25)27-15-17(8-4)12-10-6-2/h16-18H,5-15H2,1-4H3,(H,21,22). The van der Waals surface area contributed by atoms with Crippen molar-refractivity contribution in [1.29, 1.82) is 0 Å². The summed E-state index contributed by atoms with van der Waals surface area (Å²) in [6, 6.07) is 0. The van der Waals surface area contributed by atoms with Crippen LogP contribution in [0.25, 0.3) is 0 Å². The fraction of sp³-hybridized carbons (Fsp3) is 0.900. The van der Waals surface area contributed by atoms with Gasteiger partial charge in [-0.2, -0.15) is 8.42 Å². The van der Waals surface area contributed by atoms with Gasteiger partial charge in [-0.15, -0.1) is 0 Å². The predicted octanol–water partition coefficient (Wildman–Crippen LogP) is 4.15. The Balaban J connectivity index is 5.00. The number of carbonyl (C=O) groups is 2. The predicted molar refractivity (Wildman–Crippen MR) is 108 cm³/mol. The Morgan fingerprint density at radius 2 is 1.39 bits per heavy atom. The monoisotopic (exact) mass is 422 g/mol. The number of carbonyl (C=O) groups excluding carboxylic acids is 1. The Kier molecular flexibility index (Phi) is 14.2. The van der Waals surface area contributed by atoms with Crippen LogP contribution in [0.2, 0.25) is 0 Å². The van der Waals surface area contributed by atoms with E-state index < -0.39 is 33.7 Å². The summed E-state index contributed by atoms with van der Waals surface area (Å²) < 4.78 is 35.3. The molecule has 7 nitrogen and oxygen atoms in total. The zero-order valence-electron chi connectivity index (χ0n) is 17.8. The van der Waals surface area contributed by atoms with Gasteiger partial charge in [-0.1, -0.05) is 66.2 Å². The molecule has 0 rings (SSSR count). The maximum absolute atomic E-state index is 12.5. The normalized spacial score (nSPS) is 15.0. The van der Waals surface area contributed by atoms with Crippen LogP contribution in [0.3, 0.4) is 0 Å². The van der Waals surface area contributed by atoms with E-state index in [-0.39, 0.29) is 25.0 Å². The summed E-state index contributed by atoms with van der Waals surface area (Å²) >= 11 is 0. The summed E-state index contributed by atoms with van der Waals surface area (Å²) in [5.74, 6) is -2.24. The first-order chi connectivity index (χ1) is 13.2. The summed E-state index contributed by atoms with van der Waals surface area (Å²) in [7, 11) is -4.37. The van der Waals surface area contributed by atoms with Gasteiger partial charge in [0.25, 0.3) is 10.1 Å². The molecule has 0 aliphatic carbocycles. The molecule has 3 unspecified atom stereocenters. The minimum absolute atomic E-state index is 0.0453. The highest BCUT2D eigenvalue weighted by molar-refractivity contribution is 7.88. The molecular formula is C20H38O7S. The lowest BCUT2D eigenvalue weighted by Gasteiger charge is -2.20. The molecular weight excluding hydrogens is 384 g/mol. The zero-order valence-corrected chi connectivity index (χ0v) is 18.6. The molecule has 166 valence electrons. The van der Waals surface area contributed by atoms with Crippen LogP contribution in [-0.2, 0) is 28.6 Å².